The molecule has 0 aromatic heterocycles. The van der Waals surface area contributed by atoms with E-state index in [0.29, 0.717) is 29.9 Å². The molecule has 3 amide bonds. The molecule has 3 N–H and O–H groups in total. The quantitative estimate of drug-likeness (QED) is 0.772. The summed E-state index contributed by atoms with van der Waals surface area (Å²) < 4.78 is 0. The van der Waals surface area contributed by atoms with Gasteiger partial charge in [0.1, 0.15) is 0 Å². The van der Waals surface area contributed by atoms with Crippen LogP contribution < -0.4 is 10.6 Å². The number of nitrogens with zero attached hydrogens (tertiary/aromatic N) is 1. The summed E-state index contributed by atoms with van der Waals surface area (Å²) in [4.78, 5) is 37.3. The highest BCUT2D eigenvalue weighted by Gasteiger charge is 2.42. The first-order chi connectivity index (χ1) is 12.9. The molecule has 1 fully saturated rings. The Kier molecular flexibility index (Phi) is 5.12. The van der Waals surface area contributed by atoms with Crippen molar-refractivity contribution in [3.8, 4) is 0 Å². The van der Waals surface area contributed by atoms with Crippen LogP contribution >= 0.6 is 0 Å². The predicted molar refractivity (Wildman–Crippen MR) is 102 cm³/mol. The van der Waals surface area contributed by atoms with Crippen LogP contribution in [0.5, 0.6) is 0 Å². The minimum absolute atomic E-state index is 0.172. The number of carbonyl (C=O) groups excluding carboxylic acids is 2. The highest BCUT2D eigenvalue weighted by molar-refractivity contribution is 6.04. The third-order valence-corrected chi connectivity index (χ3v) is 4.71. The molecular formula is C20H21N3O4. The summed E-state index contributed by atoms with van der Waals surface area (Å²) in [6.45, 7) is 2.21. The second-order valence-corrected chi connectivity index (χ2v) is 6.87. The van der Waals surface area contributed by atoms with E-state index in [2.05, 4.69) is 10.6 Å². The van der Waals surface area contributed by atoms with Crippen molar-refractivity contribution in [2.75, 3.05) is 23.7 Å². The van der Waals surface area contributed by atoms with Crippen molar-refractivity contribution in [1.82, 2.24) is 4.90 Å². The minimum Gasteiger partial charge on any atom is -0.481 e. The zero-order chi connectivity index (χ0) is 19.4. The van der Waals surface area contributed by atoms with Gasteiger partial charge >= 0.3 is 12.0 Å². The normalized spacial score (nSPS) is 18.8. The number of hydrogen-bond donors (Lipinski definition) is 3. The van der Waals surface area contributed by atoms with Crippen molar-refractivity contribution in [2.24, 2.45) is 5.41 Å². The van der Waals surface area contributed by atoms with Gasteiger partial charge in [0.25, 0.3) is 5.91 Å². The predicted octanol–water partition coefficient (Wildman–Crippen LogP) is 3.27. The van der Waals surface area contributed by atoms with Crippen molar-refractivity contribution in [2.45, 2.75) is 13.3 Å². The van der Waals surface area contributed by atoms with Crippen LogP contribution in [0.15, 0.2) is 54.6 Å². The fourth-order valence-electron chi connectivity index (χ4n) is 2.94. The number of likely N-dealkylation sites (tertiary alicyclic amines) is 1. The monoisotopic (exact) mass is 367 g/mol. The molecule has 7 nitrogen and oxygen atoms in total. The molecule has 27 heavy (non-hydrogen) atoms. The molecule has 1 atom stereocenters. The van der Waals surface area contributed by atoms with E-state index in [1.165, 1.54) is 4.90 Å². The number of amides is 3. The summed E-state index contributed by atoms with van der Waals surface area (Å²) >= 11 is 0. The molecule has 0 radical (unpaired) electrons. The van der Waals surface area contributed by atoms with Gasteiger partial charge in [0.2, 0.25) is 0 Å². The van der Waals surface area contributed by atoms with E-state index >= 15 is 0 Å². The Morgan fingerprint density at radius 1 is 0.963 bits per heavy atom. The maximum absolute atomic E-state index is 12.3. The van der Waals surface area contributed by atoms with E-state index in [1.54, 1.807) is 43.3 Å². The molecule has 3 rings (SSSR count). The first kappa shape index (κ1) is 18.4. The largest absolute Gasteiger partial charge is 0.481 e. The molecule has 7 heteroatoms. The highest BCUT2D eigenvalue weighted by Crippen LogP contribution is 2.30. The Labute approximate surface area is 157 Å². The molecule has 1 aliphatic rings. The molecule has 1 aliphatic heterocycles. The van der Waals surface area contributed by atoms with Gasteiger partial charge in [-0.15, -0.1) is 0 Å². The van der Waals surface area contributed by atoms with Crippen molar-refractivity contribution in [3.63, 3.8) is 0 Å². The molecule has 0 spiro atoms. The lowest BCUT2D eigenvalue weighted by molar-refractivity contribution is -0.146. The number of rotatable bonds is 4. The van der Waals surface area contributed by atoms with Gasteiger partial charge in [-0.25, -0.2) is 4.79 Å². The van der Waals surface area contributed by atoms with Crippen LogP contribution in [0.3, 0.4) is 0 Å². The van der Waals surface area contributed by atoms with Gasteiger partial charge in [-0.3, -0.25) is 9.59 Å². The van der Waals surface area contributed by atoms with E-state index in [-0.39, 0.29) is 18.5 Å². The number of para-hydroxylation sites is 1. The Morgan fingerprint density at radius 2 is 1.59 bits per heavy atom. The number of benzene rings is 2. The van der Waals surface area contributed by atoms with Gasteiger partial charge in [-0.1, -0.05) is 18.2 Å². The van der Waals surface area contributed by atoms with Crippen LogP contribution in [0.1, 0.15) is 23.7 Å². The van der Waals surface area contributed by atoms with Gasteiger partial charge in [0.05, 0.1) is 5.41 Å². The van der Waals surface area contributed by atoms with E-state index in [1.807, 2.05) is 18.2 Å². The van der Waals surface area contributed by atoms with Crippen LogP contribution in [-0.4, -0.2) is 41.0 Å². The smallest absolute Gasteiger partial charge is 0.321 e. The van der Waals surface area contributed by atoms with Gasteiger partial charge in [-0.2, -0.15) is 0 Å². The molecular weight excluding hydrogens is 346 g/mol. The van der Waals surface area contributed by atoms with Crippen LogP contribution in [0.25, 0.3) is 0 Å². The summed E-state index contributed by atoms with van der Waals surface area (Å²) in [6, 6.07) is 15.3. The van der Waals surface area contributed by atoms with Crippen LogP contribution in [-0.2, 0) is 4.79 Å². The third-order valence-electron chi connectivity index (χ3n) is 4.71. The van der Waals surface area contributed by atoms with Crippen LogP contribution in [0.2, 0.25) is 0 Å². The minimum atomic E-state index is -0.906. The number of urea groups is 1. The first-order valence-electron chi connectivity index (χ1n) is 8.63. The Bertz CT molecular complexity index is 851. The maximum atomic E-state index is 12.3. The number of aliphatic carboxylic acids is 1. The molecule has 2 aromatic carbocycles. The lowest BCUT2D eigenvalue weighted by atomic mass is 9.90. The first-order valence-corrected chi connectivity index (χ1v) is 8.63. The molecule has 2 aromatic rings. The van der Waals surface area contributed by atoms with Crippen LogP contribution in [0, 0.1) is 5.41 Å². The van der Waals surface area contributed by atoms with Crippen molar-refractivity contribution >= 4 is 29.3 Å². The number of hydrogen-bond acceptors (Lipinski definition) is 3. The zero-order valence-electron chi connectivity index (χ0n) is 14.9. The molecule has 1 heterocycles. The fourth-order valence-corrected chi connectivity index (χ4v) is 2.94. The zero-order valence-corrected chi connectivity index (χ0v) is 14.9. The molecule has 0 bridgehead atoms. The second kappa shape index (κ2) is 7.49. The number of anilines is 2. The average Bonchev–Trinajstić information content (AvgIpc) is 3.07. The van der Waals surface area contributed by atoms with Gasteiger partial charge in [0, 0.05) is 30.0 Å². The number of nitrogens with one attached hydrogen (secondary N) is 2. The van der Waals surface area contributed by atoms with Gasteiger partial charge < -0.3 is 20.6 Å². The molecule has 1 saturated heterocycles. The van der Waals surface area contributed by atoms with Gasteiger partial charge in [0.15, 0.2) is 0 Å². The Morgan fingerprint density at radius 3 is 2.19 bits per heavy atom. The topological polar surface area (TPSA) is 98.7 Å². The lowest BCUT2D eigenvalue weighted by Gasteiger charge is -2.20. The number of carbonyl (C=O) groups is 3. The molecule has 140 valence electrons. The van der Waals surface area contributed by atoms with E-state index in [0.717, 1.165) is 0 Å². The average molecular weight is 367 g/mol. The highest BCUT2D eigenvalue weighted by atomic mass is 16.4. The summed E-state index contributed by atoms with van der Waals surface area (Å²) in [6.07, 6.45) is 0.425. The summed E-state index contributed by atoms with van der Waals surface area (Å²) in [7, 11) is 0. The second-order valence-electron chi connectivity index (χ2n) is 6.87. The summed E-state index contributed by atoms with van der Waals surface area (Å²) in [5.41, 5.74) is 0.809. The molecule has 0 aliphatic carbocycles. The van der Waals surface area contributed by atoms with Crippen LogP contribution in [0.4, 0.5) is 16.2 Å². The maximum Gasteiger partial charge on any atom is 0.321 e. The van der Waals surface area contributed by atoms with E-state index in [4.69, 9.17) is 0 Å². The molecule has 0 saturated carbocycles. The van der Waals surface area contributed by atoms with Crippen molar-refractivity contribution in [1.29, 1.82) is 0 Å². The van der Waals surface area contributed by atoms with Crippen molar-refractivity contribution < 1.29 is 19.5 Å². The number of carboxylic acids is 1. The lowest BCUT2D eigenvalue weighted by Crippen LogP contribution is -2.37. The SMILES string of the molecule is CC1(C(=O)O)CCN(C(=O)Nc2ccc(C(=O)Nc3ccccc3)cc2)C1. The summed E-state index contributed by atoms with van der Waals surface area (Å²) in [5, 5.41) is 14.8. The van der Waals surface area contributed by atoms with E-state index < -0.39 is 11.4 Å². The van der Waals surface area contributed by atoms with Crippen molar-refractivity contribution in [3.05, 3.63) is 60.2 Å². The number of carboxylic acid groups (broad SMARTS) is 1. The standard InChI is InChI=1S/C20H21N3O4/c1-20(18(25)26)11-12-23(13-20)19(27)22-16-9-7-14(8-10-16)17(24)21-15-5-3-2-4-6-15/h2-10H,11-13H2,1H3,(H,21,24)(H,22,27)(H,25,26). The Balaban J connectivity index is 1.58. The van der Waals surface area contributed by atoms with E-state index in [9.17, 15) is 19.5 Å². The third kappa shape index (κ3) is 4.25. The van der Waals surface area contributed by atoms with Gasteiger partial charge in [-0.05, 0) is 49.7 Å². The Hall–Kier alpha value is -3.35. The fraction of sp³-hybridized carbons (Fsp3) is 0.250. The summed E-state index contributed by atoms with van der Waals surface area (Å²) in [5.74, 6) is -1.14. The molecule has 1 unspecified atom stereocenters.